The molecule has 1 aliphatic carbocycles. The van der Waals surface area contributed by atoms with Gasteiger partial charge in [-0.1, -0.05) is 38.3 Å². The number of rotatable bonds is 8. The van der Waals surface area contributed by atoms with Crippen LogP contribution in [0, 0.1) is 15.9 Å². The molecular formula is C23H28FN3O3. The third-order valence-electron chi connectivity index (χ3n) is 5.55. The summed E-state index contributed by atoms with van der Waals surface area (Å²) in [6.45, 7) is 3.07. The number of nitrogens with zero attached hydrogens (tertiary/aromatic N) is 2. The summed E-state index contributed by atoms with van der Waals surface area (Å²) in [4.78, 5) is 25.8. The smallest absolute Gasteiger partial charge is 0.292 e. The van der Waals surface area contributed by atoms with Crippen molar-refractivity contribution in [1.82, 2.24) is 4.90 Å². The molecule has 1 saturated carbocycles. The van der Waals surface area contributed by atoms with Gasteiger partial charge >= 0.3 is 0 Å². The van der Waals surface area contributed by atoms with E-state index in [1.807, 2.05) is 29.2 Å². The highest BCUT2D eigenvalue weighted by atomic mass is 19.1. The number of hydrogen-bond acceptors (Lipinski definition) is 4. The van der Waals surface area contributed by atoms with E-state index in [-0.39, 0.29) is 23.8 Å². The van der Waals surface area contributed by atoms with Crippen molar-refractivity contribution in [3.05, 3.63) is 69.5 Å². The zero-order valence-corrected chi connectivity index (χ0v) is 17.3. The first kappa shape index (κ1) is 21.7. The number of nitrogens with one attached hydrogen (secondary N) is 1. The number of nitro groups is 1. The van der Waals surface area contributed by atoms with Gasteiger partial charge in [-0.3, -0.25) is 14.9 Å². The Balaban J connectivity index is 1.74. The molecule has 1 aliphatic rings. The van der Waals surface area contributed by atoms with Gasteiger partial charge in [0.25, 0.3) is 11.6 Å². The van der Waals surface area contributed by atoms with Crippen LogP contribution in [0.5, 0.6) is 0 Å². The number of amides is 1. The highest BCUT2D eigenvalue weighted by molar-refractivity contribution is 5.94. The quantitative estimate of drug-likeness (QED) is 0.456. The summed E-state index contributed by atoms with van der Waals surface area (Å²) in [6.07, 6.45) is 6.57. The van der Waals surface area contributed by atoms with Crippen molar-refractivity contribution in [2.24, 2.45) is 0 Å². The molecule has 30 heavy (non-hydrogen) atoms. The van der Waals surface area contributed by atoms with Gasteiger partial charge in [0, 0.05) is 36.8 Å². The van der Waals surface area contributed by atoms with Crippen LogP contribution in [0.25, 0.3) is 0 Å². The Bertz CT molecular complexity index is 897. The van der Waals surface area contributed by atoms with E-state index in [0.717, 1.165) is 62.4 Å². The van der Waals surface area contributed by atoms with Crippen molar-refractivity contribution in [3.8, 4) is 0 Å². The maximum absolute atomic E-state index is 13.5. The molecule has 1 fully saturated rings. The van der Waals surface area contributed by atoms with Crippen LogP contribution in [0.1, 0.15) is 61.4 Å². The lowest BCUT2D eigenvalue weighted by Gasteiger charge is -2.34. The molecule has 2 aromatic rings. The number of anilines is 1. The maximum atomic E-state index is 13.5. The Morgan fingerprint density at radius 1 is 1.20 bits per heavy atom. The number of carbonyl (C=O) groups excluding carboxylic acids is 1. The fourth-order valence-electron chi connectivity index (χ4n) is 4.07. The predicted molar refractivity (Wildman–Crippen MR) is 115 cm³/mol. The zero-order valence-electron chi connectivity index (χ0n) is 17.3. The second-order valence-corrected chi connectivity index (χ2v) is 7.76. The number of hydrogen-bond donors (Lipinski definition) is 1. The Hall–Kier alpha value is -2.96. The Morgan fingerprint density at radius 3 is 2.67 bits per heavy atom. The van der Waals surface area contributed by atoms with Crippen LogP contribution in [0.4, 0.5) is 15.8 Å². The van der Waals surface area contributed by atoms with Gasteiger partial charge in [-0.25, -0.2) is 4.39 Å². The molecule has 0 unspecified atom stereocenters. The molecule has 0 spiro atoms. The minimum Gasteiger partial charge on any atom is -0.375 e. The molecule has 160 valence electrons. The van der Waals surface area contributed by atoms with E-state index in [1.165, 1.54) is 6.42 Å². The molecule has 0 bridgehead atoms. The highest BCUT2D eigenvalue weighted by Crippen LogP contribution is 2.27. The van der Waals surface area contributed by atoms with Gasteiger partial charge in [0.1, 0.15) is 11.5 Å². The summed E-state index contributed by atoms with van der Waals surface area (Å²) in [6, 6.07) is 10.9. The number of halogens is 1. The largest absolute Gasteiger partial charge is 0.375 e. The molecule has 0 saturated heterocycles. The van der Waals surface area contributed by atoms with E-state index in [2.05, 4.69) is 12.2 Å². The lowest BCUT2D eigenvalue weighted by atomic mass is 9.93. The Kier molecular flexibility index (Phi) is 7.38. The fraction of sp³-hybridized carbons (Fsp3) is 0.435. The number of carbonyl (C=O) groups is 1. The van der Waals surface area contributed by atoms with Crippen LogP contribution in [-0.4, -0.2) is 28.3 Å². The Morgan fingerprint density at radius 2 is 1.97 bits per heavy atom. The average molecular weight is 413 g/mol. The molecule has 0 atom stereocenters. The normalized spacial score (nSPS) is 14.3. The second-order valence-electron chi connectivity index (χ2n) is 7.76. The monoisotopic (exact) mass is 413 g/mol. The predicted octanol–water partition coefficient (Wildman–Crippen LogP) is 5.53. The molecule has 1 amide bonds. The molecule has 1 N–H and O–H groups in total. The highest BCUT2D eigenvalue weighted by Gasteiger charge is 2.25. The van der Waals surface area contributed by atoms with Gasteiger partial charge in [-0.05, 0) is 43.0 Å². The minimum absolute atomic E-state index is 0.0299. The van der Waals surface area contributed by atoms with E-state index in [9.17, 15) is 19.3 Å². The van der Waals surface area contributed by atoms with Crippen LogP contribution < -0.4 is 5.32 Å². The lowest BCUT2D eigenvalue weighted by molar-refractivity contribution is -0.384. The topological polar surface area (TPSA) is 75.5 Å². The molecule has 2 aromatic carbocycles. The minimum atomic E-state index is -0.547. The lowest BCUT2D eigenvalue weighted by Crippen LogP contribution is -2.42. The van der Waals surface area contributed by atoms with Crippen molar-refractivity contribution in [2.45, 2.75) is 58.0 Å². The van der Waals surface area contributed by atoms with Gasteiger partial charge in [0.05, 0.1) is 4.92 Å². The fourth-order valence-corrected chi connectivity index (χ4v) is 4.07. The van der Waals surface area contributed by atoms with Crippen molar-refractivity contribution < 1.29 is 14.1 Å². The zero-order chi connectivity index (χ0) is 21.5. The molecule has 7 heteroatoms. The summed E-state index contributed by atoms with van der Waals surface area (Å²) in [5, 5.41) is 14.1. The molecule has 0 heterocycles. The van der Waals surface area contributed by atoms with Crippen molar-refractivity contribution in [3.63, 3.8) is 0 Å². The first-order valence-corrected chi connectivity index (χ1v) is 10.6. The summed E-state index contributed by atoms with van der Waals surface area (Å²) in [7, 11) is 0. The van der Waals surface area contributed by atoms with E-state index in [4.69, 9.17) is 0 Å². The van der Waals surface area contributed by atoms with E-state index in [1.54, 1.807) is 0 Å². The van der Waals surface area contributed by atoms with Crippen LogP contribution in [0.15, 0.2) is 42.5 Å². The molecule has 3 rings (SSSR count). The van der Waals surface area contributed by atoms with Crippen LogP contribution in [0.3, 0.4) is 0 Å². The van der Waals surface area contributed by atoms with E-state index in [0.29, 0.717) is 11.6 Å². The van der Waals surface area contributed by atoms with E-state index >= 15 is 0 Å². The summed E-state index contributed by atoms with van der Waals surface area (Å²) >= 11 is 0. The second kappa shape index (κ2) is 10.2. The first-order valence-electron chi connectivity index (χ1n) is 10.6. The van der Waals surface area contributed by atoms with Crippen LogP contribution in [0.2, 0.25) is 0 Å². The summed E-state index contributed by atoms with van der Waals surface area (Å²) < 4.78 is 13.5. The molecule has 0 aromatic heterocycles. The molecule has 0 aliphatic heterocycles. The maximum Gasteiger partial charge on any atom is 0.292 e. The van der Waals surface area contributed by atoms with Gasteiger partial charge in [0.2, 0.25) is 0 Å². The molecular weight excluding hydrogens is 385 g/mol. The third kappa shape index (κ3) is 5.34. The van der Waals surface area contributed by atoms with Crippen molar-refractivity contribution >= 4 is 17.3 Å². The van der Waals surface area contributed by atoms with Gasteiger partial charge in [-0.15, -0.1) is 0 Å². The van der Waals surface area contributed by atoms with Gasteiger partial charge < -0.3 is 10.2 Å². The van der Waals surface area contributed by atoms with Crippen LogP contribution >= 0.6 is 0 Å². The third-order valence-corrected chi connectivity index (χ3v) is 5.55. The van der Waals surface area contributed by atoms with Crippen molar-refractivity contribution in [2.75, 3.05) is 11.9 Å². The summed E-state index contributed by atoms with van der Waals surface area (Å²) in [5.74, 6) is -0.517. The first-order chi connectivity index (χ1) is 14.5. The van der Waals surface area contributed by atoms with E-state index < -0.39 is 10.7 Å². The number of nitro benzene ring substituents is 1. The van der Waals surface area contributed by atoms with Crippen molar-refractivity contribution in [1.29, 1.82) is 0 Å². The molecule has 0 radical (unpaired) electrons. The van der Waals surface area contributed by atoms with Gasteiger partial charge in [0.15, 0.2) is 0 Å². The molecule has 6 nitrogen and oxygen atoms in total. The summed E-state index contributed by atoms with van der Waals surface area (Å²) in [5.41, 5.74) is 1.35. The van der Waals surface area contributed by atoms with Gasteiger partial charge in [-0.2, -0.15) is 0 Å². The SMILES string of the molecule is CCCN(C(=O)c1cccc(CNc2cc(F)ccc2[N+](=O)[O-])c1)C1CCCCC1. The average Bonchev–Trinajstić information content (AvgIpc) is 2.76. The standard InChI is InChI=1S/C23H28FN3O3/c1-2-13-26(20-9-4-3-5-10-20)23(28)18-8-6-7-17(14-18)16-25-21-15-19(24)11-12-22(21)27(29)30/h6-8,11-12,14-15,20,25H,2-5,9-10,13,16H2,1H3. The Labute approximate surface area is 176 Å². The van der Waals surface area contributed by atoms with Crippen LogP contribution in [-0.2, 0) is 6.54 Å². The number of benzene rings is 2.